The molecular weight excluding hydrogens is 252 g/mol. The van der Waals surface area contributed by atoms with Gasteiger partial charge in [-0.05, 0) is 31.6 Å². The number of rotatable bonds is 1. The summed E-state index contributed by atoms with van der Waals surface area (Å²) in [5, 5.41) is 12.5. The molecule has 1 aliphatic carbocycles. The predicted molar refractivity (Wildman–Crippen MR) is 51.3 cm³/mol. The van der Waals surface area contributed by atoms with Crippen LogP contribution >= 0.6 is 0 Å². The molecule has 1 saturated carbocycles. The van der Waals surface area contributed by atoms with Gasteiger partial charge in [0.05, 0.1) is 0 Å². The van der Waals surface area contributed by atoms with Crippen LogP contribution in [0.5, 0.6) is 0 Å². The number of hydrogen-bond acceptors (Lipinski definition) is 2. The van der Waals surface area contributed by atoms with Crippen LogP contribution in [-0.2, 0) is 0 Å². The van der Waals surface area contributed by atoms with Crippen LogP contribution in [0.25, 0.3) is 0 Å². The zero-order valence-corrected chi connectivity index (χ0v) is 14.7. The normalized spacial score (nSPS) is 25.1. The summed E-state index contributed by atoms with van der Waals surface area (Å²) in [5.41, 5.74) is 0. The minimum atomic E-state index is -1.13. The Balaban J connectivity index is 0. The van der Waals surface area contributed by atoms with Crippen LogP contribution in [0.2, 0.25) is 0 Å². The first-order valence-electron chi connectivity index (χ1n) is 5.16. The molecule has 0 aromatic carbocycles. The molecule has 1 fully saturated rings. The molecule has 1 N–H and O–H groups in total. The van der Waals surface area contributed by atoms with Gasteiger partial charge >= 0.3 is 58.2 Å². The Morgan fingerprint density at radius 2 is 1.64 bits per heavy atom. The first-order chi connectivity index (χ1) is 6.18. The standard InChI is InChI=1S/C8H15NO2.C2H6.Rb/c1-6-2-4-7(5-3-6)9-8(10)11;1-2;/h6-7,9H,2-5H2,1H3,(H,10,11);1-2H3;/q;;+1/p-1. The van der Waals surface area contributed by atoms with Crippen LogP contribution < -0.4 is 68.6 Å². The number of carboxylic acid groups (broad SMARTS) is 1. The van der Waals surface area contributed by atoms with E-state index < -0.39 is 6.09 Å². The maximum absolute atomic E-state index is 10.1. The quantitative estimate of drug-likeness (QED) is 0.633. The van der Waals surface area contributed by atoms with Crippen molar-refractivity contribution in [2.45, 2.75) is 52.5 Å². The third-order valence-corrected chi connectivity index (χ3v) is 2.34. The molecule has 0 aromatic rings. The second kappa shape index (κ2) is 10.6. The second-order valence-electron chi connectivity index (χ2n) is 3.39. The van der Waals surface area contributed by atoms with Gasteiger partial charge in [0.1, 0.15) is 6.09 Å². The summed E-state index contributed by atoms with van der Waals surface area (Å²) in [4.78, 5) is 10.1. The zero-order valence-electron chi connectivity index (χ0n) is 9.80. The van der Waals surface area contributed by atoms with E-state index >= 15 is 0 Å². The first kappa shape index (κ1) is 17.5. The fourth-order valence-corrected chi connectivity index (χ4v) is 1.57. The van der Waals surface area contributed by atoms with Gasteiger partial charge in [0.2, 0.25) is 0 Å². The smallest absolute Gasteiger partial charge is 0.530 e. The molecule has 1 rings (SSSR count). The molecule has 0 atom stereocenters. The molecule has 0 unspecified atom stereocenters. The van der Waals surface area contributed by atoms with Crippen LogP contribution in [0.15, 0.2) is 0 Å². The van der Waals surface area contributed by atoms with Crippen molar-refractivity contribution >= 4 is 6.09 Å². The number of carbonyl (C=O) groups is 1. The van der Waals surface area contributed by atoms with Crippen molar-refractivity contribution in [3.8, 4) is 0 Å². The summed E-state index contributed by atoms with van der Waals surface area (Å²) in [6.07, 6.45) is 3.06. The molecule has 1 amide bonds. The Hall–Kier alpha value is 1.08. The van der Waals surface area contributed by atoms with E-state index in [0.29, 0.717) is 0 Å². The van der Waals surface area contributed by atoms with Crippen molar-refractivity contribution in [2.24, 2.45) is 5.92 Å². The van der Waals surface area contributed by atoms with Crippen LogP contribution in [0.1, 0.15) is 46.5 Å². The average molecular weight is 272 g/mol. The maximum atomic E-state index is 10.1. The van der Waals surface area contributed by atoms with Crippen molar-refractivity contribution in [3.05, 3.63) is 0 Å². The molecule has 0 saturated heterocycles. The molecule has 0 spiro atoms. The second-order valence-corrected chi connectivity index (χ2v) is 3.39. The van der Waals surface area contributed by atoms with Crippen LogP contribution in [0, 0.1) is 5.92 Å². The zero-order chi connectivity index (χ0) is 10.3. The number of carbonyl (C=O) groups excluding carboxylic acids is 1. The monoisotopic (exact) mass is 271 g/mol. The van der Waals surface area contributed by atoms with E-state index in [2.05, 4.69) is 12.2 Å². The SMILES string of the molecule is CC.CC1CCC(NC(=O)[O-])CC1.[Rb+]. The van der Waals surface area contributed by atoms with E-state index in [1.165, 1.54) is 0 Å². The summed E-state index contributed by atoms with van der Waals surface area (Å²) < 4.78 is 0. The summed E-state index contributed by atoms with van der Waals surface area (Å²) in [5.74, 6) is 0.759. The summed E-state index contributed by atoms with van der Waals surface area (Å²) in [6.45, 7) is 6.20. The molecule has 0 bridgehead atoms. The third-order valence-electron chi connectivity index (χ3n) is 2.34. The van der Waals surface area contributed by atoms with Gasteiger partial charge in [-0.15, -0.1) is 0 Å². The molecule has 0 aromatic heterocycles. The summed E-state index contributed by atoms with van der Waals surface area (Å²) in [7, 11) is 0. The van der Waals surface area contributed by atoms with Crippen molar-refractivity contribution < 1.29 is 68.1 Å². The molecule has 4 heteroatoms. The number of nitrogens with one attached hydrogen (secondary N) is 1. The minimum Gasteiger partial charge on any atom is -0.530 e. The molecule has 0 radical (unpaired) electrons. The van der Waals surface area contributed by atoms with Gasteiger partial charge in [-0.1, -0.05) is 20.8 Å². The maximum Gasteiger partial charge on any atom is 1.00 e. The van der Waals surface area contributed by atoms with Crippen molar-refractivity contribution in [1.82, 2.24) is 5.32 Å². The van der Waals surface area contributed by atoms with Crippen LogP contribution in [0.4, 0.5) is 4.79 Å². The van der Waals surface area contributed by atoms with Gasteiger partial charge in [-0.25, -0.2) is 0 Å². The fraction of sp³-hybridized carbons (Fsp3) is 0.900. The van der Waals surface area contributed by atoms with Gasteiger partial charge in [-0.3, -0.25) is 0 Å². The van der Waals surface area contributed by atoms with E-state index in [4.69, 9.17) is 0 Å². The first-order valence-corrected chi connectivity index (χ1v) is 5.16. The van der Waals surface area contributed by atoms with Gasteiger partial charge in [0, 0.05) is 6.04 Å². The average Bonchev–Trinajstić information content (AvgIpc) is 2.12. The molecule has 0 aliphatic heterocycles. The van der Waals surface area contributed by atoms with Gasteiger partial charge in [-0.2, -0.15) is 0 Å². The van der Waals surface area contributed by atoms with E-state index in [1.807, 2.05) is 13.8 Å². The molecule has 0 heterocycles. The Kier molecular flexibility index (Phi) is 13.2. The van der Waals surface area contributed by atoms with Crippen LogP contribution in [0.3, 0.4) is 0 Å². The Labute approximate surface area is 136 Å². The van der Waals surface area contributed by atoms with Crippen molar-refractivity contribution in [1.29, 1.82) is 0 Å². The number of hydrogen-bond donors (Lipinski definition) is 1. The summed E-state index contributed by atoms with van der Waals surface area (Å²) in [6, 6.07) is 0.149. The van der Waals surface area contributed by atoms with Crippen LogP contribution in [-0.4, -0.2) is 12.1 Å². The summed E-state index contributed by atoms with van der Waals surface area (Å²) >= 11 is 0. The van der Waals surface area contributed by atoms with E-state index in [9.17, 15) is 9.90 Å². The largest absolute Gasteiger partial charge is 1.00 e. The van der Waals surface area contributed by atoms with Gasteiger partial charge < -0.3 is 15.2 Å². The Morgan fingerprint density at radius 3 is 2.00 bits per heavy atom. The van der Waals surface area contributed by atoms with Gasteiger partial charge in [0.15, 0.2) is 0 Å². The van der Waals surface area contributed by atoms with Crippen molar-refractivity contribution in [2.75, 3.05) is 0 Å². The predicted octanol–water partition coefficient (Wildman–Crippen LogP) is -1.47. The van der Waals surface area contributed by atoms with Crippen molar-refractivity contribution in [3.63, 3.8) is 0 Å². The molecular formula is C10H20NO2Rb. The molecule has 78 valence electrons. The molecule has 1 aliphatic rings. The topological polar surface area (TPSA) is 52.2 Å². The van der Waals surface area contributed by atoms with E-state index in [1.54, 1.807) is 0 Å². The minimum absolute atomic E-state index is 0. The van der Waals surface area contributed by atoms with E-state index in [0.717, 1.165) is 31.6 Å². The fourth-order valence-electron chi connectivity index (χ4n) is 1.57. The van der Waals surface area contributed by atoms with E-state index in [-0.39, 0.29) is 64.2 Å². The Morgan fingerprint density at radius 1 is 1.21 bits per heavy atom. The third kappa shape index (κ3) is 8.39. The van der Waals surface area contributed by atoms with Gasteiger partial charge in [0.25, 0.3) is 0 Å². The molecule has 14 heavy (non-hydrogen) atoms. The Bertz CT molecular complexity index is 145. The molecule has 3 nitrogen and oxygen atoms in total. The number of amides is 1.